The number of rotatable bonds is 7. The molecular formula is C17H25N5O2. The first-order valence-corrected chi connectivity index (χ1v) is 8.42. The van der Waals surface area contributed by atoms with Crippen LogP contribution in [0.25, 0.3) is 0 Å². The summed E-state index contributed by atoms with van der Waals surface area (Å²) in [5.74, 6) is 0.876. The van der Waals surface area contributed by atoms with E-state index < -0.39 is 0 Å². The van der Waals surface area contributed by atoms with Crippen molar-refractivity contribution in [3.63, 3.8) is 0 Å². The van der Waals surface area contributed by atoms with Crippen molar-refractivity contribution in [2.45, 2.75) is 46.3 Å². The Bertz CT molecular complexity index is 686. The van der Waals surface area contributed by atoms with E-state index in [1.54, 1.807) is 6.08 Å². The highest BCUT2D eigenvalue weighted by atomic mass is 16.5. The summed E-state index contributed by atoms with van der Waals surface area (Å²) in [4.78, 5) is 2.38. The number of fused-ring (bicyclic) bond motifs is 1. The molecule has 0 spiro atoms. The van der Waals surface area contributed by atoms with Gasteiger partial charge in [-0.2, -0.15) is 0 Å². The molecule has 1 aliphatic rings. The van der Waals surface area contributed by atoms with Crippen LogP contribution >= 0.6 is 0 Å². The molecule has 130 valence electrons. The normalized spacial score (nSPS) is 17.9. The highest BCUT2D eigenvalue weighted by Gasteiger charge is 2.33. The third kappa shape index (κ3) is 3.14. The SMILES string of the molecule is C=CCOC[C@H]1c2nnn(CC)c2CCN1Cc1c(C)noc1C. The van der Waals surface area contributed by atoms with Crippen LogP contribution in [-0.2, 0) is 24.2 Å². The second-order valence-electron chi connectivity index (χ2n) is 6.10. The molecule has 3 rings (SSSR count). The number of hydrogen-bond acceptors (Lipinski definition) is 6. The quantitative estimate of drug-likeness (QED) is 0.572. The fourth-order valence-electron chi connectivity index (χ4n) is 3.26. The predicted octanol–water partition coefficient (Wildman–Crippen LogP) is 2.20. The van der Waals surface area contributed by atoms with Crippen molar-refractivity contribution in [1.82, 2.24) is 25.1 Å². The maximum Gasteiger partial charge on any atom is 0.138 e. The first-order valence-electron chi connectivity index (χ1n) is 8.42. The molecule has 1 aliphatic heterocycles. The number of hydrogen-bond donors (Lipinski definition) is 0. The number of aryl methyl sites for hydroxylation is 3. The number of aromatic nitrogens is 4. The number of ether oxygens (including phenoxy) is 1. The lowest BCUT2D eigenvalue weighted by atomic mass is 10.0. The molecule has 7 heteroatoms. The molecule has 0 fully saturated rings. The van der Waals surface area contributed by atoms with E-state index in [9.17, 15) is 0 Å². The molecule has 1 atom stereocenters. The van der Waals surface area contributed by atoms with Gasteiger partial charge in [-0.15, -0.1) is 11.7 Å². The van der Waals surface area contributed by atoms with Crippen molar-refractivity contribution in [2.75, 3.05) is 19.8 Å². The molecule has 0 saturated carbocycles. The van der Waals surface area contributed by atoms with Gasteiger partial charge in [0.15, 0.2) is 0 Å². The molecule has 0 bridgehead atoms. The van der Waals surface area contributed by atoms with Crippen LogP contribution < -0.4 is 0 Å². The summed E-state index contributed by atoms with van der Waals surface area (Å²) in [6.45, 7) is 13.4. The van der Waals surface area contributed by atoms with Crippen molar-refractivity contribution in [2.24, 2.45) is 0 Å². The van der Waals surface area contributed by atoms with Crippen LogP contribution in [0.2, 0.25) is 0 Å². The van der Waals surface area contributed by atoms with E-state index in [1.165, 1.54) is 5.69 Å². The maximum atomic E-state index is 5.76. The zero-order chi connectivity index (χ0) is 17.1. The fourth-order valence-corrected chi connectivity index (χ4v) is 3.26. The highest BCUT2D eigenvalue weighted by Crippen LogP contribution is 2.30. The van der Waals surface area contributed by atoms with E-state index in [0.29, 0.717) is 13.2 Å². The molecule has 0 N–H and O–H groups in total. The average Bonchev–Trinajstić information content (AvgIpc) is 3.14. The maximum absolute atomic E-state index is 5.76. The van der Waals surface area contributed by atoms with E-state index in [4.69, 9.17) is 9.26 Å². The number of nitrogens with zero attached hydrogens (tertiary/aromatic N) is 5. The van der Waals surface area contributed by atoms with Gasteiger partial charge in [-0.3, -0.25) is 4.90 Å². The molecule has 0 aliphatic carbocycles. The van der Waals surface area contributed by atoms with Gasteiger partial charge < -0.3 is 9.26 Å². The summed E-state index contributed by atoms with van der Waals surface area (Å²) in [6.07, 6.45) is 2.71. The van der Waals surface area contributed by atoms with Crippen molar-refractivity contribution in [3.8, 4) is 0 Å². The van der Waals surface area contributed by atoms with Crippen LogP contribution in [-0.4, -0.2) is 44.8 Å². The molecule has 24 heavy (non-hydrogen) atoms. The average molecular weight is 331 g/mol. The van der Waals surface area contributed by atoms with E-state index in [0.717, 1.165) is 48.8 Å². The minimum Gasteiger partial charge on any atom is -0.375 e. The van der Waals surface area contributed by atoms with E-state index in [1.807, 2.05) is 18.5 Å². The molecule has 0 amide bonds. The highest BCUT2D eigenvalue weighted by molar-refractivity contribution is 5.24. The van der Waals surface area contributed by atoms with Gasteiger partial charge in [-0.25, -0.2) is 4.68 Å². The summed E-state index contributed by atoms with van der Waals surface area (Å²) >= 11 is 0. The Hall–Kier alpha value is -1.99. The van der Waals surface area contributed by atoms with Crippen molar-refractivity contribution < 1.29 is 9.26 Å². The minimum atomic E-state index is 0.0858. The van der Waals surface area contributed by atoms with Gasteiger partial charge in [0.1, 0.15) is 11.5 Å². The third-order valence-electron chi connectivity index (χ3n) is 4.61. The van der Waals surface area contributed by atoms with Gasteiger partial charge in [-0.1, -0.05) is 16.4 Å². The summed E-state index contributed by atoms with van der Waals surface area (Å²) < 4.78 is 13.1. The Labute approximate surface area is 142 Å². The second kappa shape index (κ2) is 7.27. The van der Waals surface area contributed by atoms with Crippen LogP contribution in [0, 0.1) is 13.8 Å². The molecule has 2 aromatic heterocycles. The van der Waals surface area contributed by atoms with Gasteiger partial charge >= 0.3 is 0 Å². The molecule has 3 heterocycles. The van der Waals surface area contributed by atoms with Crippen LogP contribution in [0.1, 0.15) is 41.4 Å². The molecule has 0 unspecified atom stereocenters. The van der Waals surface area contributed by atoms with Crippen molar-refractivity contribution in [1.29, 1.82) is 0 Å². The van der Waals surface area contributed by atoms with Gasteiger partial charge in [0.05, 0.1) is 30.6 Å². The smallest absolute Gasteiger partial charge is 0.138 e. The molecule has 0 aromatic carbocycles. The predicted molar refractivity (Wildman–Crippen MR) is 89.5 cm³/mol. The van der Waals surface area contributed by atoms with E-state index in [-0.39, 0.29) is 6.04 Å². The van der Waals surface area contributed by atoms with Crippen molar-refractivity contribution >= 4 is 0 Å². The van der Waals surface area contributed by atoms with Gasteiger partial charge in [-0.05, 0) is 20.8 Å². The molecule has 7 nitrogen and oxygen atoms in total. The van der Waals surface area contributed by atoms with E-state index in [2.05, 4.69) is 33.9 Å². The Balaban J connectivity index is 1.85. The fraction of sp³-hybridized carbons (Fsp3) is 0.588. The first kappa shape index (κ1) is 16.9. The first-order chi connectivity index (χ1) is 11.7. The largest absolute Gasteiger partial charge is 0.375 e. The standard InChI is InChI=1S/C17H25N5O2/c1-5-9-23-11-16-17-15(22(6-2)20-18-17)7-8-21(16)10-14-12(3)19-24-13(14)4/h5,16H,1,6-11H2,2-4H3/t16-/m0/s1. The topological polar surface area (TPSA) is 69.2 Å². The Kier molecular flexibility index (Phi) is 5.11. The van der Waals surface area contributed by atoms with Crippen molar-refractivity contribution in [3.05, 3.63) is 41.1 Å². The summed E-state index contributed by atoms with van der Waals surface area (Å²) in [6, 6.07) is 0.0858. The minimum absolute atomic E-state index is 0.0858. The summed E-state index contributed by atoms with van der Waals surface area (Å²) in [5.41, 5.74) is 4.34. The molecule has 0 radical (unpaired) electrons. The second-order valence-corrected chi connectivity index (χ2v) is 6.10. The Morgan fingerprint density at radius 3 is 2.92 bits per heavy atom. The Morgan fingerprint density at radius 2 is 2.25 bits per heavy atom. The van der Waals surface area contributed by atoms with Gasteiger partial charge in [0, 0.05) is 31.6 Å². The van der Waals surface area contributed by atoms with Crippen LogP contribution in [0.5, 0.6) is 0 Å². The lowest BCUT2D eigenvalue weighted by Crippen LogP contribution is -2.38. The lowest BCUT2D eigenvalue weighted by molar-refractivity contribution is 0.0595. The monoisotopic (exact) mass is 331 g/mol. The van der Waals surface area contributed by atoms with Crippen LogP contribution in [0.4, 0.5) is 0 Å². The van der Waals surface area contributed by atoms with Gasteiger partial charge in [0.25, 0.3) is 0 Å². The van der Waals surface area contributed by atoms with E-state index >= 15 is 0 Å². The molecular weight excluding hydrogens is 306 g/mol. The molecule has 2 aromatic rings. The zero-order valence-corrected chi connectivity index (χ0v) is 14.7. The molecule has 0 saturated heterocycles. The lowest BCUT2D eigenvalue weighted by Gasteiger charge is -2.34. The third-order valence-corrected chi connectivity index (χ3v) is 4.61. The van der Waals surface area contributed by atoms with Gasteiger partial charge in [0.2, 0.25) is 0 Å². The van der Waals surface area contributed by atoms with Crippen LogP contribution in [0.15, 0.2) is 17.2 Å². The van der Waals surface area contributed by atoms with Crippen LogP contribution in [0.3, 0.4) is 0 Å². The summed E-state index contributed by atoms with van der Waals surface area (Å²) in [7, 11) is 0. The zero-order valence-electron chi connectivity index (χ0n) is 14.7. The Morgan fingerprint density at radius 1 is 1.42 bits per heavy atom. The summed E-state index contributed by atoms with van der Waals surface area (Å²) in [5, 5.41) is 12.8.